The summed E-state index contributed by atoms with van der Waals surface area (Å²) in [5.74, 6) is -1.63. The highest BCUT2D eigenvalue weighted by Gasteiger charge is 2.26. The minimum atomic E-state index is -0.723. The molecule has 7 nitrogen and oxygen atoms in total. The smallest absolute Gasteiger partial charge is 0.409 e. The number of anilines is 2. The van der Waals surface area contributed by atoms with Gasteiger partial charge in [-0.15, -0.1) is 0 Å². The number of hydrogen-bond acceptors (Lipinski definition) is 5. The molecule has 2 aromatic rings. The zero-order chi connectivity index (χ0) is 20.1. The van der Waals surface area contributed by atoms with Crippen LogP contribution >= 0.6 is 0 Å². The van der Waals surface area contributed by atoms with Gasteiger partial charge in [-0.1, -0.05) is 0 Å². The summed E-state index contributed by atoms with van der Waals surface area (Å²) in [6, 6.07) is 6.34. The molecule has 0 spiro atoms. The van der Waals surface area contributed by atoms with E-state index in [2.05, 4.69) is 10.3 Å². The Bertz CT molecular complexity index is 853. The first-order valence-electron chi connectivity index (χ1n) is 8.87. The number of pyridine rings is 1. The molecule has 1 aromatic heterocycles. The summed E-state index contributed by atoms with van der Waals surface area (Å²) < 4.78 is 31.6. The van der Waals surface area contributed by atoms with Gasteiger partial charge in [-0.25, -0.2) is 18.6 Å². The van der Waals surface area contributed by atoms with Gasteiger partial charge in [-0.2, -0.15) is 0 Å². The number of ether oxygens (including phenoxy) is 1. The van der Waals surface area contributed by atoms with Crippen molar-refractivity contribution in [2.75, 3.05) is 38.1 Å². The van der Waals surface area contributed by atoms with E-state index in [1.165, 1.54) is 18.3 Å². The summed E-state index contributed by atoms with van der Waals surface area (Å²) >= 11 is 0. The van der Waals surface area contributed by atoms with Crippen LogP contribution in [0, 0.1) is 11.6 Å². The van der Waals surface area contributed by atoms with Crippen LogP contribution in [0.1, 0.15) is 17.4 Å². The van der Waals surface area contributed by atoms with Crippen LogP contribution in [0.25, 0.3) is 0 Å². The van der Waals surface area contributed by atoms with Crippen LogP contribution in [-0.2, 0) is 4.74 Å². The fourth-order valence-electron chi connectivity index (χ4n) is 2.81. The van der Waals surface area contributed by atoms with Crippen LogP contribution < -0.4 is 5.32 Å². The average Bonchev–Trinajstić information content (AvgIpc) is 2.70. The van der Waals surface area contributed by atoms with Crippen molar-refractivity contribution in [3.05, 3.63) is 53.9 Å². The largest absolute Gasteiger partial charge is 0.450 e. The molecule has 2 amide bonds. The molecule has 148 valence electrons. The fourth-order valence-corrected chi connectivity index (χ4v) is 2.81. The molecule has 1 aliphatic rings. The lowest BCUT2D eigenvalue weighted by Gasteiger charge is -2.33. The van der Waals surface area contributed by atoms with Gasteiger partial charge < -0.3 is 19.9 Å². The molecule has 0 unspecified atom stereocenters. The van der Waals surface area contributed by atoms with E-state index in [1.54, 1.807) is 22.8 Å². The van der Waals surface area contributed by atoms with Crippen molar-refractivity contribution in [2.24, 2.45) is 0 Å². The molecule has 3 rings (SSSR count). The van der Waals surface area contributed by atoms with Crippen LogP contribution in [0.3, 0.4) is 0 Å². The van der Waals surface area contributed by atoms with Crippen LogP contribution in [0.4, 0.5) is 25.0 Å². The van der Waals surface area contributed by atoms with Crippen molar-refractivity contribution in [3.8, 4) is 0 Å². The maximum Gasteiger partial charge on any atom is 0.409 e. The number of carbonyl (C=O) groups excluding carboxylic acids is 2. The highest BCUT2D eigenvalue weighted by atomic mass is 19.1. The van der Waals surface area contributed by atoms with Crippen molar-refractivity contribution in [3.63, 3.8) is 0 Å². The van der Waals surface area contributed by atoms with Crippen LogP contribution in [-0.4, -0.2) is 59.6 Å². The number of carbonyl (C=O) groups is 2. The first kappa shape index (κ1) is 19.5. The zero-order valence-electron chi connectivity index (χ0n) is 15.3. The van der Waals surface area contributed by atoms with Gasteiger partial charge >= 0.3 is 6.09 Å². The summed E-state index contributed by atoms with van der Waals surface area (Å²) in [7, 11) is 0. The molecule has 2 heterocycles. The monoisotopic (exact) mass is 390 g/mol. The third kappa shape index (κ3) is 4.54. The second kappa shape index (κ2) is 8.64. The molecule has 0 saturated carbocycles. The average molecular weight is 390 g/mol. The van der Waals surface area contributed by atoms with E-state index in [0.29, 0.717) is 38.5 Å². The number of aromatic nitrogens is 1. The molecular weight excluding hydrogens is 370 g/mol. The lowest BCUT2D eigenvalue weighted by atomic mass is 10.2. The van der Waals surface area contributed by atoms with Gasteiger partial charge in [0.15, 0.2) is 0 Å². The van der Waals surface area contributed by atoms with E-state index in [0.717, 1.165) is 12.1 Å². The first-order valence-corrected chi connectivity index (χ1v) is 8.87. The molecule has 28 heavy (non-hydrogen) atoms. The molecule has 1 N–H and O–H groups in total. The van der Waals surface area contributed by atoms with Crippen molar-refractivity contribution < 1.29 is 23.1 Å². The van der Waals surface area contributed by atoms with Crippen molar-refractivity contribution in [1.82, 2.24) is 14.8 Å². The van der Waals surface area contributed by atoms with Crippen molar-refractivity contribution >= 4 is 23.4 Å². The minimum absolute atomic E-state index is 0.109. The lowest BCUT2D eigenvalue weighted by Crippen LogP contribution is -2.50. The predicted molar refractivity (Wildman–Crippen MR) is 98.4 cm³/mol. The van der Waals surface area contributed by atoms with E-state index in [-0.39, 0.29) is 23.4 Å². The number of nitrogens with one attached hydrogen (secondary N) is 1. The second-order valence-corrected chi connectivity index (χ2v) is 6.16. The molecule has 0 atom stereocenters. The Hall–Kier alpha value is -3.23. The summed E-state index contributed by atoms with van der Waals surface area (Å²) in [6.07, 6.45) is 1.03. The summed E-state index contributed by atoms with van der Waals surface area (Å²) in [4.78, 5) is 31.6. The molecule has 0 bridgehead atoms. The van der Waals surface area contributed by atoms with E-state index in [9.17, 15) is 18.4 Å². The molecular formula is C19H20F2N4O3. The zero-order valence-corrected chi connectivity index (χ0v) is 15.3. The quantitative estimate of drug-likeness (QED) is 0.869. The van der Waals surface area contributed by atoms with E-state index >= 15 is 0 Å². The van der Waals surface area contributed by atoms with Crippen molar-refractivity contribution in [1.29, 1.82) is 0 Å². The predicted octanol–water partition coefficient (Wildman–Crippen LogP) is 3.02. The topological polar surface area (TPSA) is 74.8 Å². The highest BCUT2D eigenvalue weighted by Crippen LogP contribution is 2.20. The third-order valence-electron chi connectivity index (χ3n) is 4.29. The molecule has 1 aromatic carbocycles. The lowest BCUT2D eigenvalue weighted by molar-refractivity contribution is 0.0566. The maximum absolute atomic E-state index is 13.7. The Morgan fingerprint density at radius 2 is 1.82 bits per heavy atom. The number of nitrogens with zero attached hydrogens (tertiary/aromatic N) is 3. The highest BCUT2D eigenvalue weighted by molar-refractivity contribution is 5.92. The Labute approximate surface area is 160 Å². The molecule has 0 aliphatic carbocycles. The number of amides is 2. The molecule has 1 aliphatic heterocycles. The number of halogens is 2. The van der Waals surface area contributed by atoms with Gasteiger partial charge in [0, 0.05) is 32.2 Å². The van der Waals surface area contributed by atoms with E-state index in [1.807, 2.05) is 0 Å². The van der Waals surface area contributed by atoms with Gasteiger partial charge in [0.05, 0.1) is 24.2 Å². The third-order valence-corrected chi connectivity index (χ3v) is 4.29. The summed E-state index contributed by atoms with van der Waals surface area (Å²) in [6.45, 7) is 3.62. The Morgan fingerprint density at radius 1 is 1.11 bits per heavy atom. The molecule has 9 heteroatoms. The second-order valence-electron chi connectivity index (χ2n) is 6.16. The van der Waals surface area contributed by atoms with E-state index in [4.69, 9.17) is 4.74 Å². The number of rotatable bonds is 4. The van der Waals surface area contributed by atoms with Crippen LogP contribution in [0.2, 0.25) is 0 Å². The Kier molecular flexibility index (Phi) is 6.03. The number of hydrogen-bond donors (Lipinski definition) is 1. The van der Waals surface area contributed by atoms with E-state index < -0.39 is 11.6 Å². The van der Waals surface area contributed by atoms with Crippen LogP contribution in [0.5, 0.6) is 0 Å². The fraction of sp³-hybridized carbons (Fsp3) is 0.316. The standard InChI is InChI=1S/C19H20F2N4O3/c1-2-28-19(27)25-9-7-24(8-10-25)18(26)17-6-4-14(12-22-17)23-16-5-3-13(20)11-15(16)21/h3-6,11-12,23H,2,7-10H2,1H3. The Morgan fingerprint density at radius 3 is 2.43 bits per heavy atom. The van der Waals surface area contributed by atoms with Gasteiger partial charge in [0.2, 0.25) is 0 Å². The van der Waals surface area contributed by atoms with Gasteiger partial charge in [-0.05, 0) is 31.2 Å². The SMILES string of the molecule is CCOC(=O)N1CCN(C(=O)c2ccc(Nc3ccc(F)cc3F)cn2)CC1. The van der Waals surface area contributed by atoms with Crippen LogP contribution in [0.15, 0.2) is 36.5 Å². The summed E-state index contributed by atoms with van der Waals surface area (Å²) in [5, 5.41) is 2.79. The van der Waals surface area contributed by atoms with Gasteiger partial charge in [0.1, 0.15) is 17.3 Å². The Balaban J connectivity index is 1.59. The molecule has 1 saturated heterocycles. The number of benzene rings is 1. The maximum atomic E-state index is 13.7. The molecule has 0 radical (unpaired) electrons. The molecule has 1 fully saturated rings. The first-order chi connectivity index (χ1) is 13.5. The number of piperazine rings is 1. The van der Waals surface area contributed by atoms with Gasteiger partial charge in [-0.3, -0.25) is 4.79 Å². The van der Waals surface area contributed by atoms with Gasteiger partial charge in [0.25, 0.3) is 5.91 Å². The summed E-state index contributed by atoms with van der Waals surface area (Å²) in [5.41, 5.74) is 0.821. The minimum Gasteiger partial charge on any atom is -0.450 e. The van der Waals surface area contributed by atoms with Crippen molar-refractivity contribution in [2.45, 2.75) is 6.92 Å². The normalized spacial score (nSPS) is 14.0.